The van der Waals surface area contributed by atoms with E-state index in [0.717, 1.165) is 24.8 Å². The summed E-state index contributed by atoms with van der Waals surface area (Å²) in [7, 11) is -2.13. The summed E-state index contributed by atoms with van der Waals surface area (Å²) in [4.78, 5) is 0.165. The van der Waals surface area contributed by atoms with Gasteiger partial charge in [0.05, 0.1) is 7.11 Å². The van der Waals surface area contributed by atoms with Crippen molar-refractivity contribution in [3.8, 4) is 5.75 Å². The van der Waals surface area contributed by atoms with Crippen LogP contribution >= 0.6 is 0 Å². The van der Waals surface area contributed by atoms with Gasteiger partial charge in [0.15, 0.2) is 0 Å². The van der Waals surface area contributed by atoms with Gasteiger partial charge in [0.2, 0.25) is 10.0 Å². The van der Waals surface area contributed by atoms with Gasteiger partial charge >= 0.3 is 0 Å². The Balaban J connectivity index is 2.21. The highest BCUT2D eigenvalue weighted by atomic mass is 32.2. The van der Waals surface area contributed by atoms with E-state index in [4.69, 9.17) is 10.5 Å². The Morgan fingerprint density at radius 3 is 2.63 bits per heavy atom. The monoisotopic (exact) mass is 284 g/mol. The molecule has 1 aliphatic carbocycles. The first-order valence-corrected chi connectivity index (χ1v) is 7.78. The van der Waals surface area contributed by atoms with Crippen molar-refractivity contribution in [1.82, 2.24) is 4.72 Å². The summed E-state index contributed by atoms with van der Waals surface area (Å²) in [5, 5.41) is 0. The number of hydrogen-bond acceptors (Lipinski definition) is 4. The zero-order valence-electron chi connectivity index (χ0n) is 11.3. The van der Waals surface area contributed by atoms with E-state index in [1.807, 2.05) is 13.0 Å². The number of ether oxygens (including phenoxy) is 1. The average Bonchev–Trinajstić information content (AvgIpc) is 2.34. The topological polar surface area (TPSA) is 81.4 Å². The second-order valence-corrected chi connectivity index (χ2v) is 6.93. The number of nitrogens with one attached hydrogen (secondary N) is 1. The van der Waals surface area contributed by atoms with Crippen LogP contribution in [0.3, 0.4) is 0 Å². The van der Waals surface area contributed by atoms with E-state index in [2.05, 4.69) is 4.72 Å². The number of benzene rings is 1. The molecule has 0 radical (unpaired) electrons. The van der Waals surface area contributed by atoms with Gasteiger partial charge in [0.25, 0.3) is 0 Å². The third-order valence-electron chi connectivity index (χ3n) is 3.57. The van der Waals surface area contributed by atoms with Crippen molar-refractivity contribution in [2.75, 3.05) is 13.7 Å². The Hall–Kier alpha value is -1.11. The Morgan fingerprint density at radius 1 is 1.42 bits per heavy atom. The molecular weight excluding hydrogens is 264 g/mol. The van der Waals surface area contributed by atoms with Crippen molar-refractivity contribution in [2.24, 2.45) is 5.73 Å². The van der Waals surface area contributed by atoms with Gasteiger partial charge in [-0.25, -0.2) is 13.1 Å². The standard InChI is InChI=1S/C13H20N2O3S/c1-10-4-5-11(18-2)12(8-10)19(16,17)15-9-13(14)6-3-7-13/h4-5,8,15H,3,6-7,9,14H2,1-2H3. The van der Waals surface area contributed by atoms with E-state index in [1.54, 1.807) is 12.1 Å². The van der Waals surface area contributed by atoms with Gasteiger partial charge in [-0.1, -0.05) is 6.07 Å². The Labute approximate surface area is 114 Å². The van der Waals surface area contributed by atoms with Gasteiger partial charge in [0, 0.05) is 12.1 Å². The molecule has 1 aromatic carbocycles. The number of nitrogens with two attached hydrogens (primary N) is 1. The smallest absolute Gasteiger partial charge is 0.244 e. The molecule has 0 spiro atoms. The van der Waals surface area contributed by atoms with Gasteiger partial charge in [-0.3, -0.25) is 0 Å². The average molecular weight is 284 g/mol. The molecule has 1 fully saturated rings. The van der Waals surface area contributed by atoms with Crippen molar-refractivity contribution in [1.29, 1.82) is 0 Å². The molecule has 6 heteroatoms. The SMILES string of the molecule is COc1ccc(C)cc1S(=O)(=O)NCC1(N)CCC1. The molecule has 2 rings (SSSR count). The first kappa shape index (κ1) is 14.3. The van der Waals surface area contributed by atoms with Crippen molar-refractivity contribution in [3.05, 3.63) is 23.8 Å². The van der Waals surface area contributed by atoms with E-state index in [9.17, 15) is 8.42 Å². The number of methoxy groups -OCH3 is 1. The molecule has 0 aromatic heterocycles. The molecule has 19 heavy (non-hydrogen) atoms. The maximum Gasteiger partial charge on any atom is 0.244 e. The van der Waals surface area contributed by atoms with E-state index >= 15 is 0 Å². The summed E-state index contributed by atoms with van der Waals surface area (Å²) < 4.78 is 32.3. The van der Waals surface area contributed by atoms with Crippen LogP contribution in [0, 0.1) is 6.92 Å². The van der Waals surface area contributed by atoms with Crippen LogP contribution < -0.4 is 15.2 Å². The molecule has 0 amide bonds. The molecule has 1 saturated carbocycles. The highest BCUT2D eigenvalue weighted by Crippen LogP contribution is 2.29. The molecule has 106 valence electrons. The van der Waals surface area contributed by atoms with Gasteiger partial charge in [0.1, 0.15) is 10.6 Å². The normalized spacial score (nSPS) is 17.8. The van der Waals surface area contributed by atoms with Crippen LogP contribution in [0.25, 0.3) is 0 Å². The minimum Gasteiger partial charge on any atom is -0.495 e. The van der Waals surface area contributed by atoms with Crippen LogP contribution in [-0.4, -0.2) is 27.6 Å². The van der Waals surface area contributed by atoms with E-state index in [1.165, 1.54) is 7.11 Å². The molecule has 0 saturated heterocycles. The molecule has 0 unspecified atom stereocenters. The molecule has 3 N–H and O–H groups in total. The predicted octanol–water partition coefficient (Wildman–Crippen LogP) is 1.16. The Bertz CT molecular complexity index is 565. The largest absolute Gasteiger partial charge is 0.495 e. The zero-order chi connectivity index (χ0) is 14.1. The summed E-state index contributed by atoms with van der Waals surface area (Å²) in [6, 6.07) is 5.07. The zero-order valence-corrected chi connectivity index (χ0v) is 12.1. The van der Waals surface area contributed by atoms with Gasteiger partial charge in [-0.05, 0) is 43.9 Å². The van der Waals surface area contributed by atoms with E-state index < -0.39 is 10.0 Å². The second-order valence-electron chi connectivity index (χ2n) is 5.19. The van der Waals surface area contributed by atoms with Gasteiger partial charge in [-0.2, -0.15) is 0 Å². The highest BCUT2D eigenvalue weighted by Gasteiger charge is 2.34. The van der Waals surface area contributed by atoms with Crippen LogP contribution in [0.5, 0.6) is 5.75 Å². The first-order chi connectivity index (χ1) is 8.86. The molecule has 0 bridgehead atoms. The van der Waals surface area contributed by atoms with Crippen LogP contribution in [0.2, 0.25) is 0 Å². The lowest BCUT2D eigenvalue weighted by molar-refractivity contribution is 0.251. The number of sulfonamides is 1. The van der Waals surface area contributed by atoms with Crippen LogP contribution in [0.1, 0.15) is 24.8 Å². The fourth-order valence-corrected chi connectivity index (χ4v) is 3.51. The van der Waals surface area contributed by atoms with Crippen molar-refractivity contribution < 1.29 is 13.2 Å². The minimum absolute atomic E-state index is 0.165. The predicted molar refractivity (Wildman–Crippen MR) is 73.7 cm³/mol. The minimum atomic E-state index is -3.59. The van der Waals surface area contributed by atoms with Crippen LogP contribution in [-0.2, 0) is 10.0 Å². The number of rotatable bonds is 5. The molecule has 0 atom stereocenters. The van der Waals surface area contributed by atoms with Crippen LogP contribution in [0.15, 0.2) is 23.1 Å². The lowest BCUT2D eigenvalue weighted by atomic mass is 9.78. The summed E-state index contributed by atoms with van der Waals surface area (Å²) in [5.41, 5.74) is 6.51. The fourth-order valence-electron chi connectivity index (χ4n) is 2.12. The lowest BCUT2D eigenvalue weighted by Gasteiger charge is -2.38. The second kappa shape index (κ2) is 5.11. The lowest BCUT2D eigenvalue weighted by Crippen LogP contribution is -2.54. The summed E-state index contributed by atoms with van der Waals surface area (Å²) in [6.45, 7) is 2.11. The molecule has 0 aliphatic heterocycles. The summed E-state index contributed by atoms with van der Waals surface area (Å²) in [5.74, 6) is 0.345. The van der Waals surface area contributed by atoms with Crippen molar-refractivity contribution >= 4 is 10.0 Å². The third kappa shape index (κ3) is 3.08. The fraction of sp³-hybridized carbons (Fsp3) is 0.538. The quantitative estimate of drug-likeness (QED) is 0.850. The van der Waals surface area contributed by atoms with Crippen LogP contribution in [0.4, 0.5) is 0 Å². The first-order valence-electron chi connectivity index (χ1n) is 6.29. The van der Waals surface area contributed by atoms with E-state index in [-0.39, 0.29) is 17.0 Å². The maximum absolute atomic E-state index is 12.3. The Kier molecular flexibility index (Phi) is 3.85. The molecule has 1 aromatic rings. The summed E-state index contributed by atoms with van der Waals surface area (Å²) in [6.07, 6.45) is 2.78. The Morgan fingerprint density at radius 2 is 2.11 bits per heavy atom. The number of aryl methyl sites for hydroxylation is 1. The molecule has 0 heterocycles. The van der Waals surface area contributed by atoms with Gasteiger partial charge < -0.3 is 10.5 Å². The van der Waals surface area contributed by atoms with Gasteiger partial charge in [-0.15, -0.1) is 0 Å². The summed E-state index contributed by atoms with van der Waals surface area (Å²) >= 11 is 0. The third-order valence-corrected chi connectivity index (χ3v) is 4.99. The molecule has 5 nitrogen and oxygen atoms in total. The molecular formula is C13H20N2O3S. The highest BCUT2D eigenvalue weighted by molar-refractivity contribution is 7.89. The van der Waals surface area contributed by atoms with E-state index in [0.29, 0.717) is 5.75 Å². The van der Waals surface area contributed by atoms with Crippen molar-refractivity contribution in [3.63, 3.8) is 0 Å². The number of hydrogen-bond donors (Lipinski definition) is 2. The molecule has 1 aliphatic rings. The van der Waals surface area contributed by atoms with Crippen molar-refractivity contribution in [2.45, 2.75) is 36.6 Å². The maximum atomic E-state index is 12.3.